The lowest BCUT2D eigenvalue weighted by molar-refractivity contribution is -0.385. The second-order valence-corrected chi connectivity index (χ2v) is 5.03. The molecule has 0 bridgehead atoms. The third-order valence-electron chi connectivity index (χ3n) is 1.60. The van der Waals surface area contributed by atoms with E-state index >= 15 is 0 Å². The van der Waals surface area contributed by atoms with Gasteiger partial charge in [-0.2, -0.15) is 4.98 Å². The molecule has 0 aliphatic heterocycles. The van der Waals surface area contributed by atoms with Gasteiger partial charge in [0.25, 0.3) is 4.34 Å². The van der Waals surface area contributed by atoms with Crippen LogP contribution in [0.15, 0.2) is 28.6 Å². The Hall–Kier alpha value is -0.540. The van der Waals surface area contributed by atoms with Gasteiger partial charge in [-0.1, -0.05) is 30.4 Å². The molecule has 0 amide bonds. The molecular formula is C9H10NS2+. The van der Waals surface area contributed by atoms with Gasteiger partial charge in [0.05, 0.1) is 0 Å². The topological polar surface area (TPSA) is 14.1 Å². The number of hydrogen-bond donors (Lipinski definition) is 0. The Morgan fingerprint density at radius 2 is 2.25 bits per heavy atom. The van der Waals surface area contributed by atoms with Gasteiger partial charge >= 0.3 is 0 Å². The minimum Gasteiger partial charge on any atom is -0.189 e. The number of hydrogen-bond acceptors (Lipinski definition) is 2. The van der Waals surface area contributed by atoms with E-state index in [1.165, 1.54) is 14.6 Å². The summed E-state index contributed by atoms with van der Waals surface area (Å²) in [5, 5.41) is 0. The van der Waals surface area contributed by atoms with Crippen LogP contribution in [0.1, 0.15) is 6.92 Å². The number of aromatic amines is 1. The summed E-state index contributed by atoms with van der Waals surface area (Å²) >= 11 is 3.69. The molecule has 0 saturated carbocycles. The van der Waals surface area contributed by atoms with Crippen molar-refractivity contribution in [1.29, 1.82) is 0 Å². The van der Waals surface area contributed by atoms with E-state index < -0.39 is 0 Å². The van der Waals surface area contributed by atoms with Crippen LogP contribution in [0.25, 0.3) is 10.2 Å². The van der Waals surface area contributed by atoms with E-state index in [1.807, 2.05) is 23.1 Å². The summed E-state index contributed by atoms with van der Waals surface area (Å²) in [7, 11) is 0. The molecule has 12 heavy (non-hydrogen) atoms. The lowest BCUT2D eigenvalue weighted by Crippen LogP contribution is -1.99. The molecule has 1 nitrogen and oxygen atoms in total. The maximum atomic E-state index is 3.38. The highest BCUT2D eigenvalue weighted by molar-refractivity contribution is 8.00. The van der Waals surface area contributed by atoms with E-state index in [0.717, 1.165) is 5.75 Å². The smallest absolute Gasteiger partial charge is 0.189 e. The highest BCUT2D eigenvalue weighted by Gasteiger charge is 2.08. The minimum absolute atomic E-state index is 1.13. The molecule has 0 aliphatic carbocycles. The van der Waals surface area contributed by atoms with Crippen molar-refractivity contribution in [3.05, 3.63) is 24.3 Å². The van der Waals surface area contributed by atoms with Crippen LogP contribution in [-0.4, -0.2) is 5.75 Å². The van der Waals surface area contributed by atoms with Crippen molar-refractivity contribution in [1.82, 2.24) is 0 Å². The summed E-state index contributed by atoms with van der Waals surface area (Å²) in [4.78, 5) is 3.38. The van der Waals surface area contributed by atoms with E-state index in [4.69, 9.17) is 0 Å². The Morgan fingerprint density at radius 3 is 3.00 bits per heavy atom. The van der Waals surface area contributed by atoms with Gasteiger partial charge in [0.2, 0.25) is 5.52 Å². The van der Waals surface area contributed by atoms with Crippen molar-refractivity contribution >= 4 is 33.3 Å². The van der Waals surface area contributed by atoms with E-state index in [-0.39, 0.29) is 0 Å². The standard InChI is InChI=1S/C9H9NS2/c1-2-11-9-10-7-5-3-4-6-8(7)12-9/h3-6H,2H2,1H3/p+1. The molecule has 1 heterocycles. The van der Waals surface area contributed by atoms with Crippen LogP contribution in [0, 0.1) is 0 Å². The SMILES string of the molecule is CCSc1[nH+]c2ccccc2s1. The molecule has 3 heteroatoms. The Kier molecular flexibility index (Phi) is 2.33. The van der Waals surface area contributed by atoms with Crippen LogP contribution in [0.3, 0.4) is 0 Å². The van der Waals surface area contributed by atoms with Gasteiger partial charge < -0.3 is 0 Å². The van der Waals surface area contributed by atoms with Crippen molar-refractivity contribution in [2.45, 2.75) is 11.3 Å². The molecule has 1 aromatic heterocycles. The number of nitrogens with one attached hydrogen (secondary N) is 1. The van der Waals surface area contributed by atoms with Crippen molar-refractivity contribution < 1.29 is 4.98 Å². The first-order valence-corrected chi connectivity index (χ1v) is 5.74. The van der Waals surface area contributed by atoms with Crippen LogP contribution in [0.2, 0.25) is 0 Å². The normalized spacial score (nSPS) is 10.8. The van der Waals surface area contributed by atoms with E-state index in [1.54, 1.807) is 0 Å². The maximum Gasteiger partial charge on any atom is 0.296 e. The predicted molar refractivity (Wildman–Crippen MR) is 54.8 cm³/mol. The summed E-state index contributed by atoms with van der Waals surface area (Å²) in [6.45, 7) is 2.17. The zero-order chi connectivity index (χ0) is 8.39. The van der Waals surface area contributed by atoms with E-state index in [0.29, 0.717) is 0 Å². The molecule has 0 atom stereocenters. The lowest BCUT2D eigenvalue weighted by Gasteiger charge is -1.78. The summed E-state index contributed by atoms with van der Waals surface area (Å²) in [6.07, 6.45) is 0. The quantitative estimate of drug-likeness (QED) is 0.674. The highest BCUT2D eigenvalue weighted by atomic mass is 32.2. The van der Waals surface area contributed by atoms with Crippen molar-refractivity contribution in [3.8, 4) is 0 Å². The Balaban J connectivity index is 2.47. The second kappa shape index (κ2) is 3.46. The third-order valence-corrected chi connectivity index (χ3v) is 3.72. The highest BCUT2D eigenvalue weighted by Crippen LogP contribution is 2.24. The fourth-order valence-corrected chi connectivity index (χ4v) is 3.13. The Morgan fingerprint density at radius 1 is 1.42 bits per heavy atom. The molecular weight excluding hydrogens is 186 g/mol. The maximum absolute atomic E-state index is 3.38. The molecule has 0 aliphatic rings. The average molecular weight is 196 g/mol. The van der Waals surface area contributed by atoms with Gasteiger partial charge in [0.1, 0.15) is 4.70 Å². The molecule has 1 N–H and O–H groups in total. The number of H-pyrrole nitrogens is 1. The number of benzene rings is 1. The number of para-hydroxylation sites is 1. The largest absolute Gasteiger partial charge is 0.296 e. The van der Waals surface area contributed by atoms with Crippen LogP contribution >= 0.6 is 23.1 Å². The molecule has 62 valence electrons. The van der Waals surface area contributed by atoms with Crippen molar-refractivity contribution in [3.63, 3.8) is 0 Å². The Bertz CT molecular complexity index is 348. The van der Waals surface area contributed by atoms with Gasteiger partial charge in [-0.05, 0) is 17.8 Å². The summed E-state index contributed by atoms with van der Waals surface area (Å²) in [5.41, 5.74) is 1.25. The second-order valence-electron chi connectivity index (χ2n) is 2.44. The molecule has 0 spiro atoms. The third kappa shape index (κ3) is 1.47. The van der Waals surface area contributed by atoms with Crippen molar-refractivity contribution in [2.75, 3.05) is 5.75 Å². The Labute approximate surface area is 79.8 Å². The average Bonchev–Trinajstić information content (AvgIpc) is 2.47. The van der Waals surface area contributed by atoms with Crippen LogP contribution in [-0.2, 0) is 0 Å². The number of fused-ring (bicyclic) bond motifs is 1. The van der Waals surface area contributed by atoms with Gasteiger partial charge in [0, 0.05) is 11.8 Å². The monoisotopic (exact) mass is 196 g/mol. The zero-order valence-electron chi connectivity index (χ0n) is 6.83. The molecule has 0 fully saturated rings. The number of aromatic nitrogens is 1. The van der Waals surface area contributed by atoms with Crippen LogP contribution < -0.4 is 4.98 Å². The van der Waals surface area contributed by atoms with Crippen LogP contribution in [0.5, 0.6) is 0 Å². The lowest BCUT2D eigenvalue weighted by atomic mass is 10.3. The number of thiazole rings is 1. The molecule has 1 aromatic carbocycles. The summed E-state index contributed by atoms with van der Waals surface area (Å²) < 4.78 is 2.65. The zero-order valence-corrected chi connectivity index (χ0v) is 8.47. The molecule has 2 rings (SSSR count). The first-order chi connectivity index (χ1) is 5.90. The van der Waals surface area contributed by atoms with Gasteiger partial charge in [-0.15, -0.1) is 0 Å². The van der Waals surface area contributed by atoms with Crippen LogP contribution in [0.4, 0.5) is 0 Å². The molecule has 0 radical (unpaired) electrons. The fourth-order valence-electron chi connectivity index (χ4n) is 1.09. The first kappa shape index (κ1) is 8.08. The number of rotatable bonds is 2. The molecule has 0 unspecified atom stereocenters. The molecule has 0 saturated heterocycles. The van der Waals surface area contributed by atoms with Gasteiger partial charge in [0.15, 0.2) is 0 Å². The summed E-state index contributed by atoms with van der Waals surface area (Å²) in [6, 6.07) is 8.40. The number of thioether (sulfide) groups is 1. The molecule has 2 aromatic rings. The fraction of sp³-hybridized carbons (Fsp3) is 0.222. The van der Waals surface area contributed by atoms with Gasteiger partial charge in [-0.3, -0.25) is 0 Å². The van der Waals surface area contributed by atoms with Gasteiger partial charge in [-0.25, -0.2) is 0 Å². The van der Waals surface area contributed by atoms with E-state index in [2.05, 4.69) is 36.2 Å². The van der Waals surface area contributed by atoms with E-state index in [9.17, 15) is 0 Å². The summed E-state index contributed by atoms with van der Waals surface area (Å²) in [5.74, 6) is 1.13. The predicted octanol–water partition coefficient (Wildman–Crippen LogP) is 2.83. The first-order valence-electron chi connectivity index (χ1n) is 3.94. The van der Waals surface area contributed by atoms with Crippen molar-refractivity contribution in [2.24, 2.45) is 0 Å². The minimum atomic E-state index is 1.13.